The second-order valence-corrected chi connectivity index (χ2v) is 6.66. The normalized spacial score (nSPS) is 10.9. The third-order valence-corrected chi connectivity index (χ3v) is 4.45. The number of rotatable bonds is 6. The van der Waals surface area contributed by atoms with Gasteiger partial charge in [0.05, 0.1) is 21.9 Å². The first-order chi connectivity index (χ1) is 12.6. The molecule has 26 heavy (non-hydrogen) atoms. The predicted octanol–water partition coefficient (Wildman–Crippen LogP) is 6.33. The monoisotopic (exact) mass is 384 g/mol. The molecular formula is C21H18Cl2N2O. The van der Waals surface area contributed by atoms with Gasteiger partial charge in [-0.25, -0.2) is 0 Å². The van der Waals surface area contributed by atoms with Gasteiger partial charge in [0, 0.05) is 0 Å². The Morgan fingerprint density at radius 2 is 1.77 bits per heavy atom. The van der Waals surface area contributed by atoms with Crippen LogP contribution in [0.2, 0.25) is 10.0 Å². The minimum absolute atomic E-state index is 0.485. The number of aryl methyl sites for hydroxylation is 1. The van der Waals surface area contributed by atoms with E-state index in [2.05, 4.69) is 41.7 Å². The van der Waals surface area contributed by atoms with Gasteiger partial charge in [0.2, 0.25) is 0 Å². The van der Waals surface area contributed by atoms with Crippen LogP contribution in [0.4, 0.5) is 5.69 Å². The molecule has 0 aliphatic heterocycles. The fourth-order valence-corrected chi connectivity index (χ4v) is 2.58. The van der Waals surface area contributed by atoms with Gasteiger partial charge < -0.3 is 4.74 Å². The zero-order valence-electron chi connectivity index (χ0n) is 14.2. The highest BCUT2D eigenvalue weighted by Crippen LogP contribution is 2.25. The smallest absolute Gasteiger partial charge is 0.120 e. The van der Waals surface area contributed by atoms with E-state index in [1.54, 1.807) is 18.3 Å². The number of anilines is 1. The molecule has 0 aliphatic rings. The van der Waals surface area contributed by atoms with Crippen molar-refractivity contribution >= 4 is 35.1 Å². The van der Waals surface area contributed by atoms with Crippen molar-refractivity contribution < 1.29 is 4.74 Å². The first-order valence-electron chi connectivity index (χ1n) is 8.13. The molecule has 0 saturated carbocycles. The van der Waals surface area contributed by atoms with Gasteiger partial charge in [0.1, 0.15) is 12.4 Å². The molecule has 132 valence electrons. The van der Waals surface area contributed by atoms with Gasteiger partial charge in [-0.05, 0) is 48.4 Å². The van der Waals surface area contributed by atoms with Crippen LogP contribution in [-0.2, 0) is 6.61 Å². The number of benzene rings is 3. The van der Waals surface area contributed by atoms with Crippen LogP contribution < -0.4 is 10.2 Å². The van der Waals surface area contributed by atoms with E-state index < -0.39 is 0 Å². The molecule has 3 aromatic rings. The van der Waals surface area contributed by atoms with Gasteiger partial charge in [0.25, 0.3) is 0 Å². The summed E-state index contributed by atoms with van der Waals surface area (Å²) in [5.41, 5.74) is 7.00. The largest absolute Gasteiger partial charge is 0.489 e. The zero-order chi connectivity index (χ0) is 18.4. The van der Waals surface area contributed by atoms with E-state index in [9.17, 15) is 0 Å². The Morgan fingerprint density at radius 3 is 2.54 bits per heavy atom. The van der Waals surface area contributed by atoms with E-state index in [-0.39, 0.29) is 0 Å². The summed E-state index contributed by atoms with van der Waals surface area (Å²) in [5, 5.41) is 5.22. The van der Waals surface area contributed by atoms with Crippen LogP contribution in [0.1, 0.15) is 16.7 Å². The van der Waals surface area contributed by atoms with Crippen LogP contribution in [0.15, 0.2) is 71.8 Å². The van der Waals surface area contributed by atoms with Gasteiger partial charge in [-0.15, -0.1) is 0 Å². The molecule has 0 heterocycles. The van der Waals surface area contributed by atoms with Gasteiger partial charge in [-0.3, -0.25) is 5.43 Å². The fourth-order valence-electron chi connectivity index (χ4n) is 2.28. The molecule has 3 nitrogen and oxygen atoms in total. The quantitative estimate of drug-likeness (QED) is 0.398. The summed E-state index contributed by atoms with van der Waals surface area (Å²) >= 11 is 11.9. The highest BCUT2D eigenvalue weighted by Gasteiger charge is 1.99. The third-order valence-electron chi connectivity index (χ3n) is 3.71. The lowest BCUT2D eigenvalue weighted by atomic mass is 10.2. The van der Waals surface area contributed by atoms with Crippen molar-refractivity contribution in [3.63, 3.8) is 0 Å². The molecule has 0 radical (unpaired) electrons. The van der Waals surface area contributed by atoms with E-state index >= 15 is 0 Å². The first-order valence-corrected chi connectivity index (χ1v) is 8.88. The minimum Gasteiger partial charge on any atom is -0.489 e. The summed E-state index contributed by atoms with van der Waals surface area (Å²) in [7, 11) is 0. The van der Waals surface area contributed by atoms with Crippen LogP contribution in [0, 0.1) is 6.92 Å². The lowest BCUT2D eigenvalue weighted by Crippen LogP contribution is -1.96. The Kier molecular flexibility index (Phi) is 6.16. The number of hydrogen-bond acceptors (Lipinski definition) is 3. The van der Waals surface area contributed by atoms with E-state index in [1.165, 1.54) is 5.56 Å². The maximum absolute atomic E-state index is 5.98. The summed E-state index contributed by atoms with van der Waals surface area (Å²) in [6, 6.07) is 21.3. The second-order valence-electron chi connectivity index (χ2n) is 5.85. The first kappa shape index (κ1) is 18.3. The molecule has 0 aliphatic carbocycles. The molecule has 5 heteroatoms. The summed E-state index contributed by atoms with van der Waals surface area (Å²) in [4.78, 5) is 0. The van der Waals surface area contributed by atoms with Crippen LogP contribution >= 0.6 is 23.2 Å². The highest BCUT2D eigenvalue weighted by atomic mass is 35.5. The van der Waals surface area contributed by atoms with Gasteiger partial charge >= 0.3 is 0 Å². The van der Waals surface area contributed by atoms with E-state index in [0.717, 1.165) is 22.6 Å². The average molecular weight is 385 g/mol. The molecule has 1 N–H and O–H groups in total. The Hall–Kier alpha value is -2.49. The van der Waals surface area contributed by atoms with Gasteiger partial charge in [0.15, 0.2) is 0 Å². The number of hydrazone groups is 1. The highest BCUT2D eigenvalue weighted by molar-refractivity contribution is 6.42. The number of nitrogens with one attached hydrogen (secondary N) is 1. The lowest BCUT2D eigenvalue weighted by molar-refractivity contribution is 0.306. The molecule has 0 atom stereocenters. The third kappa shape index (κ3) is 5.25. The molecule has 0 bridgehead atoms. The molecule has 3 aromatic carbocycles. The van der Waals surface area contributed by atoms with Crippen molar-refractivity contribution in [2.45, 2.75) is 13.5 Å². The topological polar surface area (TPSA) is 33.6 Å². The zero-order valence-corrected chi connectivity index (χ0v) is 15.8. The standard InChI is InChI=1S/C21H18Cl2N2O/c1-15-5-7-16(8-6-15)14-26-19-4-2-3-17(11-19)13-24-25-18-9-10-20(22)21(23)12-18/h2-13,25H,14H2,1H3. The van der Waals surface area contributed by atoms with Gasteiger partial charge in [-0.2, -0.15) is 5.10 Å². The molecule has 0 aromatic heterocycles. The fraction of sp³-hybridized carbons (Fsp3) is 0.0952. The Bertz CT molecular complexity index is 908. The molecule has 0 unspecified atom stereocenters. The van der Waals surface area contributed by atoms with Crippen molar-refractivity contribution in [1.29, 1.82) is 0 Å². The summed E-state index contributed by atoms with van der Waals surface area (Å²) < 4.78 is 5.85. The molecule has 0 amide bonds. The molecule has 0 spiro atoms. The lowest BCUT2D eigenvalue weighted by Gasteiger charge is -2.07. The number of hydrogen-bond donors (Lipinski definition) is 1. The predicted molar refractivity (Wildman–Crippen MR) is 110 cm³/mol. The van der Waals surface area contributed by atoms with Crippen LogP contribution in [0.25, 0.3) is 0 Å². The second kappa shape index (κ2) is 8.75. The summed E-state index contributed by atoms with van der Waals surface area (Å²) in [5.74, 6) is 0.795. The summed E-state index contributed by atoms with van der Waals surface area (Å²) in [6.07, 6.45) is 1.72. The van der Waals surface area contributed by atoms with Crippen LogP contribution in [0.5, 0.6) is 5.75 Å². The average Bonchev–Trinajstić information content (AvgIpc) is 2.65. The van der Waals surface area contributed by atoms with Gasteiger partial charge in [-0.1, -0.05) is 65.2 Å². The Labute approximate surface area is 163 Å². The van der Waals surface area contributed by atoms with E-state index in [0.29, 0.717) is 16.7 Å². The minimum atomic E-state index is 0.485. The molecule has 3 rings (SSSR count). The maximum atomic E-state index is 5.98. The molecule has 0 saturated heterocycles. The number of nitrogens with zero attached hydrogens (tertiary/aromatic N) is 1. The molecule has 0 fully saturated rings. The van der Waals surface area contributed by atoms with E-state index in [1.807, 2.05) is 30.3 Å². The Morgan fingerprint density at radius 1 is 0.962 bits per heavy atom. The van der Waals surface area contributed by atoms with E-state index in [4.69, 9.17) is 27.9 Å². The van der Waals surface area contributed by atoms with Crippen LogP contribution in [-0.4, -0.2) is 6.21 Å². The number of ether oxygens (including phenoxy) is 1. The van der Waals surface area contributed by atoms with Crippen molar-refractivity contribution in [3.8, 4) is 5.75 Å². The number of halogens is 2. The van der Waals surface area contributed by atoms with Crippen molar-refractivity contribution in [3.05, 3.63) is 93.5 Å². The summed E-state index contributed by atoms with van der Waals surface area (Å²) in [6.45, 7) is 2.60. The molecular weight excluding hydrogens is 367 g/mol. The Balaban J connectivity index is 1.59. The maximum Gasteiger partial charge on any atom is 0.120 e. The van der Waals surface area contributed by atoms with Crippen molar-refractivity contribution in [1.82, 2.24) is 0 Å². The van der Waals surface area contributed by atoms with Crippen molar-refractivity contribution in [2.75, 3.05) is 5.43 Å². The van der Waals surface area contributed by atoms with Crippen LogP contribution in [0.3, 0.4) is 0 Å². The SMILES string of the molecule is Cc1ccc(COc2cccc(C=NNc3ccc(Cl)c(Cl)c3)c2)cc1. The van der Waals surface area contributed by atoms with Crippen molar-refractivity contribution in [2.24, 2.45) is 5.10 Å².